The van der Waals surface area contributed by atoms with E-state index < -0.39 is 0 Å². The normalized spacial score (nSPS) is 10.7. The number of ether oxygens (including phenoxy) is 1. The number of aromatic nitrogens is 3. The SMILES string of the molecule is CCc1ccccc1OCC(=O)Nc1nnc(SCc2ccccc2)n1-c1ccccc1. The van der Waals surface area contributed by atoms with Gasteiger partial charge < -0.3 is 4.74 Å². The van der Waals surface area contributed by atoms with Gasteiger partial charge in [0.05, 0.1) is 5.69 Å². The molecule has 0 aliphatic carbocycles. The maximum atomic E-state index is 12.6. The number of carbonyl (C=O) groups is 1. The van der Waals surface area contributed by atoms with Crippen LogP contribution < -0.4 is 10.1 Å². The van der Waals surface area contributed by atoms with Gasteiger partial charge in [0.2, 0.25) is 5.95 Å². The standard InChI is InChI=1S/C25H24N4O2S/c1-2-20-13-9-10-16-22(20)31-17-23(30)26-24-27-28-25(29(24)21-14-7-4-8-15-21)32-18-19-11-5-3-6-12-19/h3-16H,2,17-18H2,1H3,(H,26,27,30). The van der Waals surface area contributed by atoms with E-state index in [2.05, 4.69) is 34.6 Å². The predicted octanol–water partition coefficient (Wildman–Crippen LogP) is 5.14. The first-order valence-corrected chi connectivity index (χ1v) is 11.4. The van der Waals surface area contributed by atoms with Crippen LogP contribution in [-0.2, 0) is 17.0 Å². The minimum Gasteiger partial charge on any atom is -0.483 e. The number of anilines is 1. The molecular weight excluding hydrogens is 420 g/mol. The first kappa shape index (κ1) is 21.6. The van der Waals surface area contributed by atoms with Crippen LogP contribution >= 0.6 is 11.8 Å². The molecular formula is C25H24N4O2S. The zero-order chi connectivity index (χ0) is 22.2. The molecule has 0 atom stereocenters. The summed E-state index contributed by atoms with van der Waals surface area (Å²) in [5.74, 6) is 1.54. The molecule has 1 amide bonds. The average molecular weight is 445 g/mol. The van der Waals surface area contributed by atoms with Crippen LogP contribution in [0.5, 0.6) is 5.75 Å². The Balaban J connectivity index is 1.50. The van der Waals surface area contributed by atoms with Crippen molar-refractivity contribution < 1.29 is 9.53 Å². The highest BCUT2D eigenvalue weighted by Crippen LogP contribution is 2.27. The summed E-state index contributed by atoms with van der Waals surface area (Å²) in [7, 11) is 0. The number of nitrogens with zero attached hydrogens (tertiary/aromatic N) is 3. The highest BCUT2D eigenvalue weighted by molar-refractivity contribution is 7.98. The summed E-state index contributed by atoms with van der Waals surface area (Å²) in [4.78, 5) is 12.6. The van der Waals surface area contributed by atoms with E-state index in [0.717, 1.165) is 23.4 Å². The minimum atomic E-state index is -0.292. The first-order valence-electron chi connectivity index (χ1n) is 10.4. The molecule has 0 radical (unpaired) electrons. The van der Waals surface area contributed by atoms with Gasteiger partial charge in [0, 0.05) is 5.75 Å². The summed E-state index contributed by atoms with van der Waals surface area (Å²) >= 11 is 1.56. The molecule has 0 saturated heterocycles. The van der Waals surface area contributed by atoms with Gasteiger partial charge in [0.1, 0.15) is 5.75 Å². The Morgan fingerprint density at radius 1 is 0.938 bits per heavy atom. The third kappa shape index (κ3) is 5.36. The molecule has 4 aromatic rings. The van der Waals surface area contributed by atoms with Crippen molar-refractivity contribution in [3.8, 4) is 11.4 Å². The van der Waals surface area contributed by atoms with Crippen LogP contribution in [-0.4, -0.2) is 27.3 Å². The lowest BCUT2D eigenvalue weighted by Crippen LogP contribution is -2.22. The van der Waals surface area contributed by atoms with Crippen molar-refractivity contribution in [1.29, 1.82) is 0 Å². The Kier molecular flexibility index (Phi) is 7.19. The Morgan fingerprint density at radius 2 is 1.62 bits per heavy atom. The topological polar surface area (TPSA) is 69.0 Å². The number of hydrogen-bond acceptors (Lipinski definition) is 5. The number of para-hydroxylation sites is 2. The lowest BCUT2D eigenvalue weighted by molar-refractivity contribution is -0.118. The van der Waals surface area contributed by atoms with Crippen molar-refractivity contribution in [3.63, 3.8) is 0 Å². The van der Waals surface area contributed by atoms with Gasteiger partial charge in [0.25, 0.3) is 5.91 Å². The smallest absolute Gasteiger partial charge is 0.264 e. The van der Waals surface area contributed by atoms with Gasteiger partial charge in [-0.25, -0.2) is 0 Å². The fourth-order valence-corrected chi connectivity index (χ4v) is 4.12. The molecule has 0 fully saturated rings. The molecule has 0 aliphatic heterocycles. The Labute approximate surface area is 191 Å². The summed E-state index contributed by atoms with van der Waals surface area (Å²) in [5, 5.41) is 12.1. The Hall–Kier alpha value is -3.58. The maximum Gasteiger partial charge on any atom is 0.264 e. The number of amides is 1. The van der Waals surface area contributed by atoms with Crippen LogP contribution in [0.4, 0.5) is 5.95 Å². The van der Waals surface area contributed by atoms with Crippen molar-refractivity contribution in [2.24, 2.45) is 0 Å². The largest absolute Gasteiger partial charge is 0.483 e. The highest BCUT2D eigenvalue weighted by atomic mass is 32.2. The van der Waals surface area contributed by atoms with Crippen LogP contribution in [0.1, 0.15) is 18.1 Å². The van der Waals surface area contributed by atoms with Crippen LogP contribution in [0.3, 0.4) is 0 Å². The van der Waals surface area contributed by atoms with E-state index in [1.54, 1.807) is 11.8 Å². The lowest BCUT2D eigenvalue weighted by atomic mass is 10.1. The van der Waals surface area contributed by atoms with Crippen LogP contribution in [0.2, 0.25) is 0 Å². The van der Waals surface area contributed by atoms with Gasteiger partial charge in [-0.1, -0.05) is 85.4 Å². The van der Waals surface area contributed by atoms with Crippen molar-refractivity contribution in [2.75, 3.05) is 11.9 Å². The lowest BCUT2D eigenvalue weighted by Gasteiger charge is -2.12. The van der Waals surface area contributed by atoms with Crippen molar-refractivity contribution >= 4 is 23.6 Å². The molecule has 4 rings (SSSR count). The third-order valence-electron chi connectivity index (χ3n) is 4.82. The molecule has 0 spiro atoms. The third-order valence-corrected chi connectivity index (χ3v) is 5.82. The fourth-order valence-electron chi connectivity index (χ4n) is 3.22. The minimum absolute atomic E-state index is 0.106. The number of thioether (sulfide) groups is 1. The zero-order valence-corrected chi connectivity index (χ0v) is 18.6. The van der Waals surface area contributed by atoms with Crippen LogP contribution in [0.25, 0.3) is 5.69 Å². The summed E-state index contributed by atoms with van der Waals surface area (Å²) in [5.41, 5.74) is 3.13. The molecule has 0 saturated carbocycles. The summed E-state index contributed by atoms with van der Waals surface area (Å²) in [6.07, 6.45) is 0.835. The van der Waals surface area contributed by atoms with Gasteiger partial charge in [-0.2, -0.15) is 0 Å². The zero-order valence-electron chi connectivity index (χ0n) is 17.8. The molecule has 32 heavy (non-hydrogen) atoms. The molecule has 1 N–H and O–H groups in total. The number of carbonyl (C=O) groups excluding carboxylic acids is 1. The van der Waals surface area contributed by atoms with Crippen molar-refractivity contribution in [1.82, 2.24) is 14.8 Å². The average Bonchev–Trinajstić information content (AvgIpc) is 3.25. The van der Waals surface area contributed by atoms with Gasteiger partial charge in [0.15, 0.2) is 11.8 Å². The summed E-state index contributed by atoms with van der Waals surface area (Å²) < 4.78 is 7.60. The van der Waals surface area contributed by atoms with Gasteiger partial charge in [-0.05, 0) is 35.7 Å². The summed E-state index contributed by atoms with van der Waals surface area (Å²) in [6.45, 7) is 1.95. The van der Waals surface area contributed by atoms with E-state index in [-0.39, 0.29) is 12.5 Å². The fraction of sp³-hybridized carbons (Fsp3) is 0.160. The molecule has 0 aliphatic rings. The van der Waals surface area contributed by atoms with Crippen LogP contribution in [0, 0.1) is 0 Å². The van der Waals surface area contributed by atoms with E-state index in [4.69, 9.17) is 4.74 Å². The second-order valence-corrected chi connectivity index (χ2v) is 7.99. The molecule has 0 bridgehead atoms. The first-order chi connectivity index (χ1) is 15.7. The van der Waals surface area contributed by atoms with E-state index in [1.807, 2.05) is 77.4 Å². The molecule has 1 aromatic heterocycles. The molecule has 6 nitrogen and oxygen atoms in total. The van der Waals surface area contributed by atoms with E-state index in [1.165, 1.54) is 5.56 Å². The van der Waals surface area contributed by atoms with Crippen LogP contribution in [0.15, 0.2) is 90.1 Å². The number of aryl methyl sites for hydroxylation is 1. The number of nitrogens with one attached hydrogen (secondary N) is 1. The number of benzene rings is 3. The molecule has 7 heteroatoms. The van der Waals surface area contributed by atoms with Gasteiger partial charge in [-0.3, -0.25) is 14.7 Å². The van der Waals surface area contributed by atoms with Crippen molar-refractivity contribution in [2.45, 2.75) is 24.3 Å². The molecule has 3 aromatic carbocycles. The van der Waals surface area contributed by atoms with Gasteiger partial charge >= 0.3 is 0 Å². The molecule has 1 heterocycles. The maximum absolute atomic E-state index is 12.6. The van der Waals surface area contributed by atoms with E-state index in [0.29, 0.717) is 16.9 Å². The highest BCUT2D eigenvalue weighted by Gasteiger charge is 2.17. The second-order valence-electron chi connectivity index (χ2n) is 7.05. The number of hydrogen-bond donors (Lipinski definition) is 1. The molecule has 162 valence electrons. The van der Waals surface area contributed by atoms with Crippen molar-refractivity contribution in [3.05, 3.63) is 96.1 Å². The molecule has 0 unspecified atom stereocenters. The monoisotopic (exact) mass is 444 g/mol. The van der Waals surface area contributed by atoms with Gasteiger partial charge in [-0.15, -0.1) is 10.2 Å². The quantitative estimate of drug-likeness (QED) is 0.362. The predicted molar refractivity (Wildman–Crippen MR) is 127 cm³/mol. The number of rotatable bonds is 9. The summed E-state index contributed by atoms with van der Waals surface area (Å²) in [6, 6.07) is 27.6. The Bertz CT molecular complexity index is 1160. The van der Waals surface area contributed by atoms with E-state index >= 15 is 0 Å². The van der Waals surface area contributed by atoms with E-state index in [9.17, 15) is 4.79 Å². The second kappa shape index (κ2) is 10.6. The Morgan fingerprint density at radius 3 is 2.38 bits per heavy atom.